The number of hydrogen-bond donors (Lipinski definition) is 1. The number of sulfonamides is 1. The lowest BCUT2D eigenvalue weighted by atomic mass is 10.0. The Bertz CT molecular complexity index is 961. The topological polar surface area (TPSA) is 94.2 Å². The molecule has 0 radical (unpaired) electrons. The maximum absolute atomic E-state index is 13.0. The summed E-state index contributed by atoms with van der Waals surface area (Å²) in [6.45, 7) is 0.853. The summed E-state index contributed by atoms with van der Waals surface area (Å²) in [5, 5.41) is 0. The number of carbonyl (C=O) groups is 1. The maximum Gasteiger partial charge on any atom is 0.261 e. The van der Waals surface area contributed by atoms with E-state index in [9.17, 15) is 13.2 Å². The first kappa shape index (κ1) is 21.9. The quantitative estimate of drug-likeness (QED) is 0.719. The highest BCUT2D eigenvalue weighted by atomic mass is 32.2. The van der Waals surface area contributed by atoms with Gasteiger partial charge in [0.2, 0.25) is 10.0 Å². The SMILES string of the molecule is COc1ccc(S(=O)(=O)NC2CCN(C(=O)c3c(OC)cccc3OC)CC2)cc1. The van der Waals surface area contributed by atoms with E-state index in [-0.39, 0.29) is 16.8 Å². The van der Waals surface area contributed by atoms with Gasteiger partial charge >= 0.3 is 0 Å². The number of hydrogen-bond acceptors (Lipinski definition) is 6. The number of piperidine rings is 1. The summed E-state index contributed by atoms with van der Waals surface area (Å²) in [4.78, 5) is 14.9. The van der Waals surface area contributed by atoms with Gasteiger partial charge in [-0.25, -0.2) is 13.1 Å². The van der Waals surface area contributed by atoms with Crippen molar-refractivity contribution in [1.29, 1.82) is 0 Å². The monoisotopic (exact) mass is 434 g/mol. The van der Waals surface area contributed by atoms with Gasteiger partial charge in [0.1, 0.15) is 22.8 Å². The first-order valence-corrected chi connectivity index (χ1v) is 11.0. The molecule has 0 aromatic heterocycles. The molecule has 1 heterocycles. The van der Waals surface area contributed by atoms with Crippen molar-refractivity contribution in [2.24, 2.45) is 0 Å². The molecule has 8 nitrogen and oxygen atoms in total. The fourth-order valence-corrected chi connectivity index (χ4v) is 4.77. The van der Waals surface area contributed by atoms with Crippen molar-refractivity contribution < 1.29 is 27.4 Å². The highest BCUT2D eigenvalue weighted by molar-refractivity contribution is 7.89. The zero-order valence-corrected chi connectivity index (χ0v) is 18.1. The van der Waals surface area contributed by atoms with E-state index in [1.165, 1.54) is 33.5 Å². The molecule has 2 aromatic carbocycles. The molecular weight excluding hydrogens is 408 g/mol. The van der Waals surface area contributed by atoms with E-state index in [4.69, 9.17) is 14.2 Å². The van der Waals surface area contributed by atoms with Crippen LogP contribution in [0.2, 0.25) is 0 Å². The van der Waals surface area contributed by atoms with Crippen LogP contribution in [0.4, 0.5) is 0 Å². The fourth-order valence-electron chi connectivity index (χ4n) is 3.46. The van der Waals surface area contributed by atoms with Crippen LogP contribution >= 0.6 is 0 Å². The molecule has 0 aliphatic carbocycles. The third-order valence-corrected chi connectivity index (χ3v) is 6.65. The van der Waals surface area contributed by atoms with Gasteiger partial charge in [0.05, 0.1) is 26.2 Å². The smallest absolute Gasteiger partial charge is 0.261 e. The summed E-state index contributed by atoms with van der Waals surface area (Å²) < 4.78 is 43.7. The first-order chi connectivity index (χ1) is 14.4. The van der Waals surface area contributed by atoms with Crippen molar-refractivity contribution in [3.63, 3.8) is 0 Å². The van der Waals surface area contributed by atoms with Crippen LogP contribution < -0.4 is 18.9 Å². The minimum absolute atomic E-state index is 0.181. The van der Waals surface area contributed by atoms with Crippen molar-refractivity contribution >= 4 is 15.9 Å². The van der Waals surface area contributed by atoms with Gasteiger partial charge in [-0.1, -0.05) is 6.07 Å². The van der Waals surface area contributed by atoms with Gasteiger partial charge in [-0.15, -0.1) is 0 Å². The predicted molar refractivity (Wildman–Crippen MR) is 112 cm³/mol. The van der Waals surface area contributed by atoms with Crippen LogP contribution in [0.25, 0.3) is 0 Å². The molecular formula is C21H26N2O6S. The summed E-state index contributed by atoms with van der Waals surface area (Å²) in [6, 6.07) is 11.2. The second kappa shape index (κ2) is 9.36. The summed E-state index contributed by atoms with van der Waals surface area (Å²) >= 11 is 0. The Hall–Kier alpha value is -2.78. The number of likely N-dealkylation sites (tertiary alicyclic amines) is 1. The number of nitrogens with zero attached hydrogens (tertiary/aromatic N) is 1. The average molecular weight is 435 g/mol. The first-order valence-electron chi connectivity index (χ1n) is 9.56. The molecule has 3 rings (SSSR count). The number of benzene rings is 2. The molecule has 1 aliphatic rings. The van der Waals surface area contributed by atoms with Gasteiger partial charge in [-0.05, 0) is 49.2 Å². The van der Waals surface area contributed by atoms with Gasteiger partial charge in [0.15, 0.2) is 0 Å². The minimum Gasteiger partial charge on any atom is -0.497 e. The van der Waals surface area contributed by atoms with E-state index in [0.29, 0.717) is 48.7 Å². The van der Waals surface area contributed by atoms with E-state index in [1.807, 2.05) is 0 Å². The standard InChI is InChI=1S/C21H26N2O6S/c1-27-16-7-9-17(10-8-16)30(25,26)22-15-11-13-23(14-12-15)21(24)20-18(28-2)5-4-6-19(20)29-3/h4-10,15,22H,11-14H2,1-3H3. The molecule has 0 spiro atoms. The Morgan fingerprint density at radius 3 is 2.00 bits per heavy atom. The van der Waals surface area contributed by atoms with Gasteiger partial charge < -0.3 is 19.1 Å². The van der Waals surface area contributed by atoms with E-state index < -0.39 is 10.0 Å². The largest absolute Gasteiger partial charge is 0.497 e. The lowest BCUT2D eigenvalue weighted by molar-refractivity contribution is 0.0704. The molecule has 1 aliphatic heterocycles. The van der Waals surface area contributed by atoms with Gasteiger partial charge in [-0.3, -0.25) is 4.79 Å². The molecule has 1 amide bonds. The Labute approximate surface area is 176 Å². The van der Waals surface area contributed by atoms with E-state index in [1.54, 1.807) is 35.2 Å². The van der Waals surface area contributed by atoms with E-state index in [0.717, 1.165) is 0 Å². The zero-order valence-electron chi connectivity index (χ0n) is 17.3. The van der Waals surface area contributed by atoms with Crippen molar-refractivity contribution in [3.8, 4) is 17.2 Å². The lowest BCUT2D eigenvalue weighted by Gasteiger charge is -2.32. The zero-order chi connectivity index (χ0) is 21.7. The molecule has 1 N–H and O–H groups in total. The Morgan fingerprint density at radius 2 is 1.50 bits per heavy atom. The fraction of sp³-hybridized carbons (Fsp3) is 0.381. The minimum atomic E-state index is -3.65. The molecule has 9 heteroatoms. The van der Waals surface area contributed by atoms with Gasteiger partial charge in [0.25, 0.3) is 5.91 Å². The van der Waals surface area contributed by atoms with E-state index >= 15 is 0 Å². The molecule has 0 atom stereocenters. The van der Waals surface area contributed by atoms with Crippen molar-refractivity contribution in [3.05, 3.63) is 48.0 Å². The molecule has 0 bridgehead atoms. The molecule has 2 aromatic rings. The van der Waals surface area contributed by atoms with Gasteiger partial charge in [0, 0.05) is 19.1 Å². The average Bonchev–Trinajstić information content (AvgIpc) is 2.78. The van der Waals surface area contributed by atoms with Crippen LogP contribution in [0.5, 0.6) is 17.2 Å². The van der Waals surface area contributed by atoms with Crippen LogP contribution in [0.1, 0.15) is 23.2 Å². The van der Waals surface area contributed by atoms with Gasteiger partial charge in [-0.2, -0.15) is 0 Å². The molecule has 0 saturated carbocycles. The van der Waals surface area contributed by atoms with Crippen LogP contribution in [0.15, 0.2) is 47.4 Å². The third-order valence-electron chi connectivity index (χ3n) is 5.12. The second-order valence-corrected chi connectivity index (χ2v) is 8.61. The molecule has 1 fully saturated rings. The Balaban J connectivity index is 1.65. The number of amides is 1. The molecule has 1 saturated heterocycles. The number of methoxy groups -OCH3 is 3. The van der Waals surface area contributed by atoms with Crippen LogP contribution in [0.3, 0.4) is 0 Å². The van der Waals surface area contributed by atoms with Crippen LogP contribution in [-0.4, -0.2) is 59.7 Å². The van der Waals surface area contributed by atoms with Crippen molar-refractivity contribution in [1.82, 2.24) is 9.62 Å². The van der Waals surface area contributed by atoms with E-state index in [2.05, 4.69) is 4.72 Å². The van der Waals surface area contributed by atoms with Crippen LogP contribution in [0, 0.1) is 0 Å². The highest BCUT2D eigenvalue weighted by Crippen LogP contribution is 2.30. The third kappa shape index (κ3) is 4.68. The molecule has 162 valence electrons. The normalized spacial score (nSPS) is 15.0. The Kier molecular flexibility index (Phi) is 6.84. The number of carbonyl (C=O) groups excluding carboxylic acids is 1. The summed E-state index contributed by atoms with van der Waals surface area (Å²) in [5.41, 5.74) is 0.375. The summed E-state index contributed by atoms with van der Waals surface area (Å²) in [7, 11) is 0.892. The van der Waals surface area contributed by atoms with Crippen molar-refractivity contribution in [2.75, 3.05) is 34.4 Å². The predicted octanol–water partition coefficient (Wildman–Crippen LogP) is 2.30. The highest BCUT2D eigenvalue weighted by Gasteiger charge is 2.30. The Morgan fingerprint density at radius 1 is 0.933 bits per heavy atom. The van der Waals surface area contributed by atoms with Crippen molar-refractivity contribution in [2.45, 2.75) is 23.8 Å². The molecule has 30 heavy (non-hydrogen) atoms. The van der Waals surface area contributed by atoms with Crippen LogP contribution in [-0.2, 0) is 10.0 Å². The maximum atomic E-state index is 13.0. The number of rotatable bonds is 7. The number of nitrogens with one attached hydrogen (secondary N) is 1. The second-order valence-electron chi connectivity index (χ2n) is 6.90. The summed E-state index contributed by atoms with van der Waals surface area (Å²) in [6.07, 6.45) is 1.02. The lowest BCUT2D eigenvalue weighted by Crippen LogP contribution is -2.46. The summed E-state index contributed by atoms with van der Waals surface area (Å²) in [5.74, 6) is 1.29. The molecule has 0 unspecified atom stereocenters. The number of ether oxygens (including phenoxy) is 3.